The molecular formula is C16H26N2. The minimum Gasteiger partial charge on any atom is -0.371 e. The van der Waals surface area contributed by atoms with Crippen molar-refractivity contribution in [3.05, 3.63) is 29.8 Å². The standard InChI is InChI=1S/C16H26N2/c1-12-9-13(2)11-18(10-12)16-8-6-5-7-15(16)14(3)17-4/h5-8,12-14,17H,9-11H2,1-4H3. The molecule has 2 nitrogen and oxygen atoms in total. The van der Waals surface area contributed by atoms with Crippen molar-refractivity contribution in [2.75, 3.05) is 25.0 Å². The van der Waals surface area contributed by atoms with Crippen molar-refractivity contribution in [1.82, 2.24) is 5.32 Å². The van der Waals surface area contributed by atoms with E-state index in [1.165, 1.54) is 30.8 Å². The number of anilines is 1. The van der Waals surface area contributed by atoms with E-state index in [2.05, 4.69) is 55.3 Å². The molecule has 18 heavy (non-hydrogen) atoms. The topological polar surface area (TPSA) is 15.3 Å². The molecule has 100 valence electrons. The van der Waals surface area contributed by atoms with Gasteiger partial charge in [0.25, 0.3) is 0 Å². The Morgan fingerprint density at radius 1 is 1.17 bits per heavy atom. The predicted octanol–water partition coefficient (Wildman–Crippen LogP) is 3.45. The second kappa shape index (κ2) is 5.75. The van der Waals surface area contributed by atoms with Crippen molar-refractivity contribution in [2.45, 2.75) is 33.2 Å². The molecule has 1 saturated heterocycles. The number of nitrogens with one attached hydrogen (secondary N) is 1. The third-order valence-corrected chi connectivity index (χ3v) is 4.05. The first-order valence-electron chi connectivity index (χ1n) is 7.13. The van der Waals surface area contributed by atoms with Crippen LogP contribution in [-0.4, -0.2) is 20.1 Å². The van der Waals surface area contributed by atoms with Crippen LogP contribution >= 0.6 is 0 Å². The number of para-hydroxylation sites is 1. The molecule has 1 aromatic rings. The van der Waals surface area contributed by atoms with Gasteiger partial charge in [-0.3, -0.25) is 0 Å². The molecule has 1 aromatic carbocycles. The van der Waals surface area contributed by atoms with Crippen molar-refractivity contribution >= 4 is 5.69 Å². The van der Waals surface area contributed by atoms with Gasteiger partial charge in [-0.25, -0.2) is 0 Å². The van der Waals surface area contributed by atoms with Crippen LogP contribution in [0.5, 0.6) is 0 Å². The van der Waals surface area contributed by atoms with Crippen LogP contribution in [0.15, 0.2) is 24.3 Å². The van der Waals surface area contributed by atoms with Crippen molar-refractivity contribution < 1.29 is 0 Å². The van der Waals surface area contributed by atoms with Gasteiger partial charge in [0.05, 0.1) is 0 Å². The van der Waals surface area contributed by atoms with E-state index < -0.39 is 0 Å². The molecule has 0 aliphatic carbocycles. The lowest BCUT2D eigenvalue weighted by atomic mass is 9.90. The number of hydrogen-bond acceptors (Lipinski definition) is 2. The number of hydrogen-bond donors (Lipinski definition) is 1. The molecule has 3 atom stereocenters. The first-order chi connectivity index (χ1) is 8.61. The maximum atomic E-state index is 3.36. The smallest absolute Gasteiger partial charge is 0.0414 e. The van der Waals surface area contributed by atoms with Crippen LogP contribution in [0.3, 0.4) is 0 Å². The fraction of sp³-hybridized carbons (Fsp3) is 0.625. The molecule has 2 heteroatoms. The number of benzene rings is 1. The van der Waals surface area contributed by atoms with Gasteiger partial charge in [-0.1, -0.05) is 32.0 Å². The van der Waals surface area contributed by atoms with Crippen molar-refractivity contribution in [3.8, 4) is 0 Å². The Kier molecular flexibility index (Phi) is 4.28. The van der Waals surface area contributed by atoms with Crippen molar-refractivity contribution in [2.24, 2.45) is 11.8 Å². The van der Waals surface area contributed by atoms with Crippen LogP contribution in [0.2, 0.25) is 0 Å². The molecule has 1 heterocycles. The van der Waals surface area contributed by atoms with Gasteiger partial charge in [0.15, 0.2) is 0 Å². The Bertz CT molecular complexity index is 378. The highest BCUT2D eigenvalue weighted by molar-refractivity contribution is 5.55. The Labute approximate surface area is 111 Å². The molecule has 0 amide bonds. The van der Waals surface area contributed by atoms with E-state index in [-0.39, 0.29) is 0 Å². The van der Waals surface area contributed by atoms with Gasteiger partial charge >= 0.3 is 0 Å². The van der Waals surface area contributed by atoms with Gasteiger partial charge in [-0.05, 0) is 43.9 Å². The summed E-state index contributed by atoms with van der Waals surface area (Å²) in [4.78, 5) is 2.57. The van der Waals surface area contributed by atoms with Crippen LogP contribution in [0.4, 0.5) is 5.69 Å². The highest BCUT2D eigenvalue weighted by Gasteiger charge is 2.24. The summed E-state index contributed by atoms with van der Waals surface area (Å²) in [6, 6.07) is 9.23. The molecule has 1 aliphatic heterocycles. The molecule has 1 fully saturated rings. The maximum Gasteiger partial charge on any atom is 0.0414 e. The fourth-order valence-electron chi connectivity index (χ4n) is 3.16. The SMILES string of the molecule is CNC(C)c1ccccc1N1CC(C)CC(C)C1. The Morgan fingerprint density at radius 2 is 1.78 bits per heavy atom. The molecule has 1 N–H and O–H groups in total. The average molecular weight is 246 g/mol. The number of rotatable bonds is 3. The van der Waals surface area contributed by atoms with E-state index in [4.69, 9.17) is 0 Å². The van der Waals surface area contributed by atoms with Gasteiger partial charge in [0.1, 0.15) is 0 Å². The highest BCUT2D eigenvalue weighted by atomic mass is 15.1. The maximum absolute atomic E-state index is 3.36. The first kappa shape index (κ1) is 13.4. The quantitative estimate of drug-likeness (QED) is 0.879. The molecule has 0 bridgehead atoms. The van der Waals surface area contributed by atoms with E-state index in [1.807, 2.05) is 7.05 Å². The zero-order chi connectivity index (χ0) is 13.1. The van der Waals surface area contributed by atoms with Crippen LogP contribution in [0.1, 0.15) is 38.8 Å². The largest absolute Gasteiger partial charge is 0.371 e. The minimum atomic E-state index is 0.411. The molecule has 1 aliphatic rings. The summed E-state index contributed by atoms with van der Waals surface area (Å²) in [6.45, 7) is 9.35. The van der Waals surface area contributed by atoms with E-state index >= 15 is 0 Å². The molecule has 0 saturated carbocycles. The normalized spacial score (nSPS) is 26.1. The van der Waals surface area contributed by atoms with Gasteiger partial charge < -0.3 is 10.2 Å². The van der Waals surface area contributed by atoms with Crippen molar-refractivity contribution in [1.29, 1.82) is 0 Å². The van der Waals surface area contributed by atoms with E-state index in [9.17, 15) is 0 Å². The zero-order valence-electron chi connectivity index (χ0n) is 12.1. The molecular weight excluding hydrogens is 220 g/mol. The number of nitrogens with zero attached hydrogens (tertiary/aromatic N) is 1. The summed E-state index contributed by atoms with van der Waals surface area (Å²) in [7, 11) is 2.03. The summed E-state index contributed by atoms with van der Waals surface area (Å²) in [5.41, 5.74) is 2.83. The molecule has 0 aromatic heterocycles. The van der Waals surface area contributed by atoms with E-state index in [0.717, 1.165) is 11.8 Å². The summed E-state index contributed by atoms with van der Waals surface area (Å²) in [6.07, 6.45) is 1.36. The van der Waals surface area contributed by atoms with Crippen LogP contribution < -0.4 is 10.2 Å². The fourth-order valence-corrected chi connectivity index (χ4v) is 3.16. The Morgan fingerprint density at radius 3 is 2.39 bits per heavy atom. The van der Waals surface area contributed by atoms with Gasteiger partial charge in [0, 0.05) is 24.8 Å². The average Bonchev–Trinajstić information content (AvgIpc) is 2.36. The lowest BCUT2D eigenvalue weighted by molar-refractivity contribution is 0.356. The van der Waals surface area contributed by atoms with E-state index in [0.29, 0.717) is 6.04 Å². The third-order valence-electron chi connectivity index (χ3n) is 4.05. The number of piperidine rings is 1. The minimum absolute atomic E-state index is 0.411. The summed E-state index contributed by atoms with van der Waals surface area (Å²) in [5.74, 6) is 1.60. The highest BCUT2D eigenvalue weighted by Crippen LogP contribution is 2.31. The second-order valence-corrected chi connectivity index (χ2v) is 5.92. The zero-order valence-corrected chi connectivity index (χ0v) is 12.1. The van der Waals surface area contributed by atoms with Crippen molar-refractivity contribution in [3.63, 3.8) is 0 Å². The van der Waals surface area contributed by atoms with Crippen LogP contribution in [0, 0.1) is 11.8 Å². The molecule has 2 rings (SSSR count). The third kappa shape index (κ3) is 2.86. The molecule has 3 unspecified atom stereocenters. The van der Waals surface area contributed by atoms with Crippen LogP contribution in [0.25, 0.3) is 0 Å². The molecule has 0 radical (unpaired) electrons. The predicted molar refractivity (Wildman–Crippen MR) is 79.1 cm³/mol. The Balaban J connectivity index is 2.26. The summed E-state index contributed by atoms with van der Waals surface area (Å²) in [5, 5.41) is 3.36. The summed E-state index contributed by atoms with van der Waals surface area (Å²) >= 11 is 0. The Hall–Kier alpha value is -1.02. The molecule has 0 spiro atoms. The van der Waals surface area contributed by atoms with E-state index in [1.54, 1.807) is 0 Å². The van der Waals surface area contributed by atoms with Gasteiger partial charge in [0.2, 0.25) is 0 Å². The summed E-state index contributed by atoms with van der Waals surface area (Å²) < 4.78 is 0. The first-order valence-corrected chi connectivity index (χ1v) is 7.13. The van der Waals surface area contributed by atoms with Crippen LogP contribution in [-0.2, 0) is 0 Å². The van der Waals surface area contributed by atoms with Gasteiger partial charge in [-0.15, -0.1) is 0 Å². The second-order valence-electron chi connectivity index (χ2n) is 5.92. The lowest BCUT2D eigenvalue weighted by Crippen LogP contribution is -2.39. The van der Waals surface area contributed by atoms with Gasteiger partial charge in [-0.2, -0.15) is 0 Å². The lowest BCUT2D eigenvalue weighted by Gasteiger charge is -2.38. The monoisotopic (exact) mass is 246 g/mol.